The first-order chi connectivity index (χ1) is 11.7. The molecule has 1 rings (SSSR count). The van der Waals surface area contributed by atoms with E-state index in [0.717, 1.165) is 43.3 Å². The summed E-state index contributed by atoms with van der Waals surface area (Å²) in [6, 6.07) is 6.25. The van der Waals surface area contributed by atoms with E-state index in [4.69, 9.17) is 14.2 Å². The average molecular weight is 465 g/mol. The Labute approximate surface area is 168 Å². The van der Waals surface area contributed by atoms with Gasteiger partial charge in [-0.25, -0.2) is 0 Å². The molecule has 0 saturated carbocycles. The smallest absolute Gasteiger partial charge is 0.191 e. The van der Waals surface area contributed by atoms with Crippen LogP contribution < -0.4 is 15.4 Å². The fraction of sp³-hybridized carbons (Fsp3) is 0.611. The Balaban J connectivity index is 0.00000576. The monoisotopic (exact) mass is 465 g/mol. The molecule has 0 heterocycles. The van der Waals surface area contributed by atoms with E-state index in [1.54, 1.807) is 21.3 Å². The third kappa shape index (κ3) is 10.5. The maximum atomic E-state index is 5.90. The van der Waals surface area contributed by atoms with Crippen molar-refractivity contribution in [3.8, 4) is 5.75 Å². The van der Waals surface area contributed by atoms with Crippen LogP contribution in [-0.2, 0) is 16.0 Å². The molecule has 1 aromatic rings. The molecule has 0 bridgehead atoms. The van der Waals surface area contributed by atoms with Gasteiger partial charge >= 0.3 is 0 Å². The Hall–Kier alpha value is -1.06. The molecule has 0 atom stereocenters. The van der Waals surface area contributed by atoms with Crippen molar-refractivity contribution in [3.05, 3.63) is 29.3 Å². The first-order valence-corrected chi connectivity index (χ1v) is 8.36. The normalized spacial score (nSPS) is 11.0. The van der Waals surface area contributed by atoms with Crippen molar-refractivity contribution >= 4 is 29.9 Å². The SMILES string of the molecule is CN=C(NCCCOC)NCc1ccc(C)cc1OCCCOC.I. The minimum absolute atomic E-state index is 0. The second-order valence-electron chi connectivity index (χ2n) is 5.50. The van der Waals surface area contributed by atoms with Crippen LogP contribution >= 0.6 is 24.0 Å². The van der Waals surface area contributed by atoms with Gasteiger partial charge in [0.05, 0.1) is 6.61 Å². The number of aryl methyl sites for hydroxylation is 1. The minimum atomic E-state index is 0. The molecule has 144 valence electrons. The molecule has 0 aliphatic rings. The molecule has 0 unspecified atom stereocenters. The molecule has 0 radical (unpaired) electrons. The van der Waals surface area contributed by atoms with Gasteiger partial charge in [0.25, 0.3) is 0 Å². The zero-order valence-corrected chi connectivity index (χ0v) is 18.1. The fourth-order valence-electron chi connectivity index (χ4n) is 2.15. The summed E-state index contributed by atoms with van der Waals surface area (Å²) in [7, 11) is 5.18. The summed E-state index contributed by atoms with van der Waals surface area (Å²) in [6.07, 6.45) is 1.82. The Morgan fingerprint density at radius 2 is 1.76 bits per heavy atom. The van der Waals surface area contributed by atoms with Gasteiger partial charge in [-0.15, -0.1) is 24.0 Å². The van der Waals surface area contributed by atoms with Gasteiger partial charge in [0.2, 0.25) is 0 Å². The summed E-state index contributed by atoms with van der Waals surface area (Å²) in [5.74, 6) is 1.69. The molecule has 0 aromatic heterocycles. The quantitative estimate of drug-likeness (QED) is 0.228. The minimum Gasteiger partial charge on any atom is -0.493 e. The van der Waals surface area contributed by atoms with Crippen molar-refractivity contribution in [2.24, 2.45) is 4.99 Å². The molecule has 0 spiro atoms. The number of nitrogens with zero attached hydrogens (tertiary/aromatic N) is 1. The largest absolute Gasteiger partial charge is 0.493 e. The summed E-state index contributed by atoms with van der Waals surface area (Å²) in [6.45, 7) is 5.63. The molecule has 1 aromatic carbocycles. The molecular formula is C18H32IN3O3. The number of rotatable bonds is 11. The number of methoxy groups -OCH3 is 2. The van der Waals surface area contributed by atoms with Crippen molar-refractivity contribution in [2.75, 3.05) is 47.6 Å². The second-order valence-corrected chi connectivity index (χ2v) is 5.50. The molecule has 6 nitrogen and oxygen atoms in total. The Morgan fingerprint density at radius 1 is 1.04 bits per heavy atom. The van der Waals surface area contributed by atoms with E-state index in [9.17, 15) is 0 Å². The third-order valence-corrected chi connectivity index (χ3v) is 3.46. The summed E-state index contributed by atoms with van der Waals surface area (Å²) >= 11 is 0. The summed E-state index contributed by atoms with van der Waals surface area (Å²) < 4.78 is 16.0. The number of ether oxygens (including phenoxy) is 3. The number of nitrogens with one attached hydrogen (secondary N) is 2. The number of benzene rings is 1. The van der Waals surface area contributed by atoms with E-state index >= 15 is 0 Å². The highest BCUT2D eigenvalue weighted by Gasteiger charge is 2.06. The van der Waals surface area contributed by atoms with Crippen LogP contribution in [0.25, 0.3) is 0 Å². The predicted octanol–water partition coefficient (Wildman–Crippen LogP) is 2.73. The lowest BCUT2D eigenvalue weighted by Crippen LogP contribution is -2.37. The van der Waals surface area contributed by atoms with Gasteiger partial charge in [-0.2, -0.15) is 0 Å². The molecule has 25 heavy (non-hydrogen) atoms. The van der Waals surface area contributed by atoms with Crippen LogP contribution in [-0.4, -0.2) is 53.6 Å². The van der Waals surface area contributed by atoms with E-state index in [0.29, 0.717) is 19.8 Å². The molecule has 7 heteroatoms. The van der Waals surface area contributed by atoms with Crippen LogP contribution in [0, 0.1) is 6.92 Å². The third-order valence-electron chi connectivity index (χ3n) is 3.46. The number of hydrogen-bond donors (Lipinski definition) is 2. The zero-order valence-electron chi connectivity index (χ0n) is 15.8. The van der Waals surface area contributed by atoms with Gasteiger partial charge in [-0.05, 0) is 25.0 Å². The molecule has 0 saturated heterocycles. The van der Waals surface area contributed by atoms with E-state index in [1.807, 2.05) is 0 Å². The predicted molar refractivity (Wildman–Crippen MR) is 113 cm³/mol. The zero-order chi connectivity index (χ0) is 17.6. The lowest BCUT2D eigenvalue weighted by molar-refractivity contribution is 0.172. The topological polar surface area (TPSA) is 64.1 Å². The Bertz CT molecular complexity index is 498. The summed E-state index contributed by atoms with van der Waals surface area (Å²) in [5.41, 5.74) is 2.29. The van der Waals surface area contributed by atoms with Crippen LogP contribution in [0.5, 0.6) is 5.75 Å². The highest BCUT2D eigenvalue weighted by molar-refractivity contribution is 14.0. The molecular weight excluding hydrogens is 433 g/mol. The Morgan fingerprint density at radius 3 is 2.44 bits per heavy atom. The van der Waals surface area contributed by atoms with Crippen molar-refractivity contribution < 1.29 is 14.2 Å². The van der Waals surface area contributed by atoms with Crippen molar-refractivity contribution in [3.63, 3.8) is 0 Å². The van der Waals surface area contributed by atoms with Gasteiger partial charge in [-0.3, -0.25) is 4.99 Å². The van der Waals surface area contributed by atoms with Crippen molar-refractivity contribution in [1.82, 2.24) is 10.6 Å². The molecule has 2 N–H and O–H groups in total. The lowest BCUT2D eigenvalue weighted by atomic mass is 10.1. The van der Waals surface area contributed by atoms with Crippen LogP contribution in [0.4, 0.5) is 0 Å². The molecule has 0 aliphatic heterocycles. The van der Waals surface area contributed by atoms with Crippen molar-refractivity contribution in [2.45, 2.75) is 26.3 Å². The fourth-order valence-corrected chi connectivity index (χ4v) is 2.15. The number of halogens is 1. The van der Waals surface area contributed by atoms with E-state index in [2.05, 4.69) is 40.7 Å². The average Bonchev–Trinajstić information content (AvgIpc) is 2.59. The first kappa shape index (κ1) is 23.9. The molecule has 0 fully saturated rings. The Kier molecular flexibility index (Phi) is 14.6. The maximum Gasteiger partial charge on any atom is 0.191 e. The summed E-state index contributed by atoms with van der Waals surface area (Å²) in [4.78, 5) is 4.23. The van der Waals surface area contributed by atoms with E-state index in [-0.39, 0.29) is 24.0 Å². The molecule has 0 aliphatic carbocycles. The van der Waals surface area contributed by atoms with Crippen LogP contribution in [0.3, 0.4) is 0 Å². The van der Waals surface area contributed by atoms with Crippen LogP contribution in [0.2, 0.25) is 0 Å². The first-order valence-electron chi connectivity index (χ1n) is 8.36. The van der Waals surface area contributed by atoms with Gasteiger partial charge in [-0.1, -0.05) is 12.1 Å². The van der Waals surface area contributed by atoms with Gasteiger partial charge in [0.1, 0.15) is 5.75 Å². The van der Waals surface area contributed by atoms with Crippen LogP contribution in [0.15, 0.2) is 23.2 Å². The van der Waals surface area contributed by atoms with Crippen molar-refractivity contribution in [1.29, 1.82) is 0 Å². The maximum absolute atomic E-state index is 5.90. The van der Waals surface area contributed by atoms with E-state index in [1.165, 1.54) is 5.56 Å². The lowest BCUT2D eigenvalue weighted by Gasteiger charge is -2.15. The molecule has 0 amide bonds. The number of aliphatic imine (C=N–C) groups is 1. The van der Waals surface area contributed by atoms with Gasteiger partial charge in [0.15, 0.2) is 5.96 Å². The number of guanidine groups is 1. The second kappa shape index (κ2) is 15.2. The standard InChI is InChI=1S/C18H31N3O3.HI/c1-15-7-8-16(17(13-15)24-12-6-11-23-4)14-21-18(19-2)20-9-5-10-22-3;/h7-8,13H,5-6,9-12,14H2,1-4H3,(H2,19,20,21);1H. The van der Waals surface area contributed by atoms with Crippen LogP contribution in [0.1, 0.15) is 24.0 Å². The van der Waals surface area contributed by atoms with Gasteiger partial charge < -0.3 is 24.8 Å². The highest BCUT2D eigenvalue weighted by Crippen LogP contribution is 2.20. The summed E-state index contributed by atoms with van der Waals surface area (Å²) in [5, 5.41) is 6.58. The van der Waals surface area contributed by atoms with E-state index < -0.39 is 0 Å². The highest BCUT2D eigenvalue weighted by atomic mass is 127. The van der Waals surface area contributed by atoms with Gasteiger partial charge in [0, 0.05) is 59.6 Å². The number of hydrogen-bond acceptors (Lipinski definition) is 4.